The summed E-state index contributed by atoms with van der Waals surface area (Å²) in [5, 5.41) is 3.86. The van der Waals surface area contributed by atoms with Gasteiger partial charge in [0.1, 0.15) is 0 Å². The van der Waals surface area contributed by atoms with Crippen LogP contribution in [0, 0.1) is 11.6 Å². The van der Waals surface area contributed by atoms with E-state index in [0.717, 1.165) is 37.9 Å². The molecule has 2 aromatic rings. The average Bonchev–Trinajstić information content (AvgIpc) is 2.92. The molecule has 0 N–H and O–H groups in total. The van der Waals surface area contributed by atoms with Gasteiger partial charge in [0, 0.05) is 5.56 Å². The molecule has 20 heavy (non-hydrogen) atoms. The number of aromatic nitrogens is 2. The summed E-state index contributed by atoms with van der Waals surface area (Å²) in [5.74, 6) is -0.974. The summed E-state index contributed by atoms with van der Waals surface area (Å²) in [7, 11) is 2.02. The van der Waals surface area contributed by atoms with Crippen LogP contribution in [0.4, 0.5) is 8.78 Å². The predicted octanol–water partition coefficient (Wildman–Crippen LogP) is 3.17. The SMILES string of the molecule is CN1CCCC[C@H]1c1nc(-c2ccc(F)c(F)c2)no1. The Bertz CT molecular complexity index is 614. The zero-order valence-corrected chi connectivity index (χ0v) is 11.1. The molecule has 0 unspecified atom stereocenters. The van der Waals surface area contributed by atoms with Crippen molar-refractivity contribution < 1.29 is 13.3 Å². The molecule has 0 aliphatic carbocycles. The van der Waals surface area contributed by atoms with Crippen LogP contribution in [0.1, 0.15) is 31.2 Å². The maximum atomic E-state index is 13.2. The van der Waals surface area contributed by atoms with E-state index >= 15 is 0 Å². The molecule has 1 fully saturated rings. The minimum Gasteiger partial charge on any atom is -0.337 e. The smallest absolute Gasteiger partial charge is 0.244 e. The second-order valence-corrected chi connectivity index (χ2v) is 5.08. The van der Waals surface area contributed by atoms with Crippen molar-refractivity contribution in [3.05, 3.63) is 35.7 Å². The van der Waals surface area contributed by atoms with Gasteiger partial charge in [-0.05, 0) is 44.6 Å². The molecule has 1 aliphatic rings. The summed E-state index contributed by atoms with van der Waals surface area (Å²) in [6.07, 6.45) is 3.25. The monoisotopic (exact) mass is 279 g/mol. The van der Waals surface area contributed by atoms with Crippen molar-refractivity contribution in [3.63, 3.8) is 0 Å². The topological polar surface area (TPSA) is 42.2 Å². The highest BCUT2D eigenvalue weighted by molar-refractivity contribution is 5.54. The lowest BCUT2D eigenvalue weighted by Crippen LogP contribution is -2.29. The van der Waals surface area contributed by atoms with Gasteiger partial charge in [-0.2, -0.15) is 4.98 Å². The Labute approximate surface area is 115 Å². The summed E-state index contributed by atoms with van der Waals surface area (Å²) < 4.78 is 31.4. The Balaban J connectivity index is 1.87. The van der Waals surface area contributed by atoms with Gasteiger partial charge < -0.3 is 4.52 Å². The molecule has 1 aliphatic heterocycles. The van der Waals surface area contributed by atoms with E-state index in [-0.39, 0.29) is 11.9 Å². The highest BCUT2D eigenvalue weighted by Gasteiger charge is 2.26. The molecule has 3 rings (SSSR count). The first kappa shape index (κ1) is 13.2. The third kappa shape index (κ3) is 2.43. The van der Waals surface area contributed by atoms with Gasteiger partial charge in [0.2, 0.25) is 11.7 Å². The summed E-state index contributed by atoms with van der Waals surface area (Å²) in [5.41, 5.74) is 0.414. The summed E-state index contributed by atoms with van der Waals surface area (Å²) in [6, 6.07) is 3.69. The molecule has 1 saturated heterocycles. The lowest BCUT2D eigenvalue weighted by Gasteiger charge is -2.29. The first-order valence-electron chi connectivity index (χ1n) is 6.64. The number of piperidine rings is 1. The number of halogens is 2. The minimum absolute atomic E-state index is 0.107. The van der Waals surface area contributed by atoms with E-state index in [1.165, 1.54) is 6.07 Å². The van der Waals surface area contributed by atoms with Crippen molar-refractivity contribution >= 4 is 0 Å². The van der Waals surface area contributed by atoms with Crippen LogP contribution in [0.25, 0.3) is 11.4 Å². The van der Waals surface area contributed by atoms with Gasteiger partial charge in [-0.15, -0.1) is 0 Å². The van der Waals surface area contributed by atoms with Crippen LogP contribution in [0.5, 0.6) is 0 Å². The first-order chi connectivity index (χ1) is 9.65. The highest BCUT2D eigenvalue weighted by atomic mass is 19.2. The Morgan fingerprint density at radius 1 is 1.25 bits per heavy atom. The maximum Gasteiger partial charge on any atom is 0.244 e. The molecular formula is C14H15F2N3O. The lowest BCUT2D eigenvalue weighted by atomic mass is 10.0. The van der Waals surface area contributed by atoms with Gasteiger partial charge in [-0.25, -0.2) is 8.78 Å². The third-order valence-electron chi connectivity index (χ3n) is 3.68. The number of nitrogens with zero attached hydrogens (tertiary/aromatic N) is 3. The molecule has 0 saturated carbocycles. The number of hydrogen-bond acceptors (Lipinski definition) is 4. The standard InChI is InChI=1S/C14H15F2N3O/c1-19-7-3-2-4-12(19)14-17-13(18-20-14)9-5-6-10(15)11(16)8-9/h5-6,8,12H,2-4,7H2,1H3/t12-/m0/s1. The zero-order chi connectivity index (χ0) is 14.1. The number of likely N-dealkylation sites (tertiary alicyclic amines) is 1. The zero-order valence-electron chi connectivity index (χ0n) is 11.1. The Morgan fingerprint density at radius 2 is 2.10 bits per heavy atom. The second-order valence-electron chi connectivity index (χ2n) is 5.08. The van der Waals surface area contributed by atoms with Crippen molar-refractivity contribution in [2.24, 2.45) is 0 Å². The van der Waals surface area contributed by atoms with Gasteiger partial charge >= 0.3 is 0 Å². The van der Waals surface area contributed by atoms with Crippen LogP contribution in [-0.2, 0) is 0 Å². The molecule has 0 amide bonds. The van der Waals surface area contributed by atoms with E-state index in [1.54, 1.807) is 0 Å². The van der Waals surface area contributed by atoms with Crippen LogP contribution in [0.3, 0.4) is 0 Å². The van der Waals surface area contributed by atoms with Crippen molar-refractivity contribution in [2.75, 3.05) is 13.6 Å². The summed E-state index contributed by atoms with van der Waals surface area (Å²) in [4.78, 5) is 6.49. The predicted molar refractivity (Wildman–Crippen MR) is 68.9 cm³/mol. The van der Waals surface area contributed by atoms with E-state index in [9.17, 15) is 8.78 Å². The quantitative estimate of drug-likeness (QED) is 0.846. The van der Waals surface area contributed by atoms with Gasteiger partial charge in [0.25, 0.3) is 0 Å². The van der Waals surface area contributed by atoms with Crippen molar-refractivity contribution in [2.45, 2.75) is 25.3 Å². The normalized spacial score (nSPS) is 20.2. The van der Waals surface area contributed by atoms with Crippen LogP contribution in [0.2, 0.25) is 0 Å². The van der Waals surface area contributed by atoms with E-state index in [4.69, 9.17) is 4.52 Å². The fourth-order valence-corrected chi connectivity index (χ4v) is 2.51. The van der Waals surface area contributed by atoms with Crippen molar-refractivity contribution in [1.82, 2.24) is 15.0 Å². The third-order valence-corrected chi connectivity index (χ3v) is 3.68. The summed E-state index contributed by atoms with van der Waals surface area (Å²) >= 11 is 0. The fraction of sp³-hybridized carbons (Fsp3) is 0.429. The van der Waals surface area contributed by atoms with E-state index in [0.29, 0.717) is 11.5 Å². The number of rotatable bonds is 2. The Kier molecular flexibility index (Phi) is 3.48. The second kappa shape index (κ2) is 5.28. The molecule has 2 heterocycles. The van der Waals surface area contributed by atoms with Gasteiger partial charge in [0.05, 0.1) is 6.04 Å². The Hall–Kier alpha value is -1.82. The number of benzene rings is 1. The largest absolute Gasteiger partial charge is 0.337 e. The summed E-state index contributed by atoms with van der Waals surface area (Å²) in [6.45, 7) is 0.994. The molecule has 106 valence electrons. The van der Waals surface area contributed by atoms with Gasteiger partial charge in [-0.1, -0.05) is 11.6 Å². The van der Waals surface area contributed by atoms with Crippen LogP contribution in [0.15, 0.2) is 22.7 Å². The molecule has 0 spiro atoms. The Morgan fingerprint density at radius 3 is 2.85 bits per heavy atom. The molecule has 4 nitrogen and oxygen atoms in total. The molecule has 1 aromatic carbocycles. The van der Waals surface area contributed by atoms with Crippen LogP contribution in [-0.4, -0.2) is 28.6 Å². The molecular weight excluding hydrogens is 264 g/mol. The molecule has 1 atom stereocenters. The van der Waals surface area contributed by atoms with Crippen LogP contribution >= 0.6 is 0 Å². The van der Waals surface area contributed by atoms with Gasteiger partial charge in [-0.3, -0.25) is 4.90 Å². The fourth-order valence-electron chi connectivity index (χ4n) is 2.51. The minimum atomic E-state index is -0.913. The average molecular weight is 279 g/mol. The maximum absolute atomic E-state index is 13.2. The van der Waals surface area contributed by atoms with Crippen LogP contribution < -0.4 is 0 Å². The van der Waals surface area contributed by atoms with Gasteiger partial charge in [0.15, 0.2) is 11.6 Å². The molecule has 0 bridgehead atoms. The van der Waals surface area contributed by atoms with Crippen molar-refractivity contribution in [1.29, 1.82) is 0 Å². The molecule has 6 heteroatoms. The first-order valence-corrected chi connectivity index (χ1v) is 6.64. The lowest BCUT2D eigenvalue weighted by molar-refractivity contribution is 0.150. The van der Waals surface area contributed by atoms with Crippen molar-refractivity contribution in [3.8, 4) is 11.4 Å². The molecule has 0 radical (unpaired) electrons. The highest BCUT2D eigenvalue weighted by Crippen LogP contribution is 2.29. The van der Waals surface area contributed by atoms with E-state index < -0.39 is 11.6 Å². The van der Waals surface area contributed by atoms with E-state index in [1.807, 2.05) is 7.05 Å². The molecule has 1 aromatic heterocycles. The van der Waals surface area contributed by atoms with E-state index in [2.05, 4.69) is 15.0 Å². The number of hydrogen-bond donors (Lipinski definition) is 0.